The SMILES string of the molecule is COC(=O)c1sc2nc(C)nc(N3CCCC3C(C#N)c3ccccc3)c2c1C. The average Bonchev–Trinajstić information content (AvgIpc) is 3.33. The maximum Gasteiger partial charge on any atom is 0.348 e. The van der Waals surface area contributed by atoms with Crippen molar-refractivity contribution in [2.45, 2.75) is 38.6 Å². The largest absolute Gasteiger partial charge is 0.465 e. The molecule has 0 N–H and O–H groups in total. The van der Waals surface area contributed by atoms with Crippen LogP contribution in [0.1, 0.15) is 45.4 Å². The van der Waals surface area contributed by atoms with Crippen molar-refractivity contribution >= 4 is 33.3 Å². The van der Waals surface area contributed by atoms with Crippen LogP contribution in [0.5, 0.6) is 0 Å². The third-order valence-electron chi connectivity index (χ3n) is 5.51. The Kier molecular flexibility index (Phi) is 5.20. The van der Waals surface area contributed by atoms with E-state index in [2.05, 4.69) is 16.0 Å². The van der Waals surface area contributed by atoms with Crippen molar-refractivity contribution in [2.75, 3.05) is 18.6 Å². The average molecular weight is 407 g/mol. The van der Waals surface area contributed by atoms with E-state index in [1.54, 1.807) is 0 Å². The summed E-state index contributed by atoms with van der Waals surface area (Å²) >= 11 is 1.34. The van der Waals surface area contributed by atoms with Crippen LogP contribution in [0.2, 0.25) is 0 Å². The predicted octanol–water partition coefficient (Wildman–Crippen LogP) is 4.37. The number of carbonyl (C=O) groups excluding carboxylic acids is 1. The molecule has 0 radical (unpaired) electrons. The third kappa shape index (κ3) is 3.34. The number of aryl methyl sites for hydroxylation is 2. The van der Waals surface area contributed by atoms with E-state index in [1.807, 2.05) is 44.2 Å². The Morgan fingerprint density at radius 2 is 2.07 bits per heavy atom. The van der Waals surface area contributed by atoms with Gasteiger partial charge in [-0.1, -0.05) is 30.3 Å². The number of anilines is 1. The van der Waals surface area contributed by atoms with Gasteiger partial charge in [0, 0.05) is 6.54 Å². The van der Waals surface area contributed by atoms with E-state index in [1.165, 1.54) is 18.4 Å². The summed E-state index contributed by atoms with van der Waals surface area (Å²) in [6.07, 6.45) is 1.91. The first-order valence-corrected chi connectivity index (χ1v) is 10.4. The molecule has 0 bridgehead atoms. The summed E-state index contributed by atoms with van der Waals surface area (Å²) in [4.78, 5) is 25.1. The molecule has 0 aliphatic carbocycles. The number of benzene rings is 1. The Hall–Kier alpha value is -2.98. The molecule has 1 aliphatic heterocycles. The highest BCUT2D eigenvalue weighted by atomic mass is 32.1. The number of thiophene rings is 1. The fourth-order valence-electron chi connectivity index (χ4n) is 4.16. The second kappa shape index (κ2) is 7.80. The maximum absolute atomic E-state index is 12.2. The van der Waals surface area contributed by atoms with Crippen LogP contribution < -0.4 is 4.90 Å². The molecule has 148 valence electrons. The van der Waals surface area contributed by atoms with E-state index in [-0.39, 0.29) is 17.9 Å². The van der Waals surface area contributed by atoms with Crippen molar-refractivity contribution in [1.29, 1.82) is 5.26 Å². The first-order chi connectivity index (χ1) is 14.0. The van der Waals surface area contributed by atoms with Gasteiger partial charge in [-0.2, -0.15) is 5.26 Å². The summed E-state index contributed by atoms with van der Waals surface area (Å²) in [5.41, 5.74) is 1.86. The van der Waals surface area contributed by atoms with E-state index in [0.717, 1.165) is 46.5 Å². The molecule has 1 aromatic carbocycles. The van der Waals surface area contributed by atoms with Gasteiger partial charge < -0.3 is 9.64 Å². The van der Waals surface area contributed by atoms with Crippen LogP contribution >= 0.6 is 11.3 Å². The molecule has 0 saturated carbocycles. The minimum Gasteiger partial charge on any atom is -0.465 e. The van der Waals surface area contributed by atoms with E-state index in [0.29, 0.717) is 10.7 Å². The monoisotopic (exact) mass is 406 g/mol. The second-order valence-electron chi connectivity index (χ2n) is 7.24. The summed E-state index contributed by atoms with van der Waals surface area (Å²) in [5, 5.41) is 10.9. The summed E-state index contributed by atoms with van der Waals surface area (Å²) in [7, 11) is 1.39. The highest BCUT2D eigenvalue weighted by Gasteiger charge is 2.35. The van der Waals surface area contributed by atoms with Gasteiger partial charge in [0.05, 0.1) is 30.5 Å². The van der Waals surface area contributed by atoms with Gasteiger partial charge in [-0.25, -0.2) is 14.8 Å². The van der Waals surface area contributed by atoms with Gasteiger partial charge in [0.15, 0.2) is 0 Å². The number of rotatable bonds is 4. The summed E-state index contributed by atoms with van der Waals surface area (Å²) in [5.74, 6) is 0.869. The number of esters is 1. The molecule has 2 aromatic heterocycles. The lowest BCUT2D eigenvalue weighted by atomic mass is 9.91. The zero-order valence-corrected chi connectivity index (χ0v) is 17.5. The normalized spacial score (nSPS) is 17.3. The summed E-state index contributed by atoms with van der Waals surface area (Å²) in [6.45, 7) is 4.60. The van der Waals surface area contributed by atoms with Gasteiger partial charge in [-0.05, 0) is 37.8 Å². The van der Waals surface area contributed by atoms with Crippen molar-refractivity contribution < 1.29 is 9.53 Å². The number of aromatic nitrogens is 2. The summed E-state index contributed by atoms with van der Waals surface area (Å²) < 4.78 is 4.94. The van der Waals surface area contributed by atoms with Crippen molar-refractivity contribution in [3.8, 4) is 6.07 Å². The molecule has 0 spiro atoms. The highest BCUT2D eigenvalue weighted by Crippen LogP contribution is 2.40. The van der Waals surface area contributed by atoms with Gasteiger partial charge in [-0.3, -0.25) is 0 Å². The Morgan fingerprint density at radius 3 is 2.76 bits per heavy atom. The number of methoxy groups -OCH3 is 1. The molecule has 2 atom stereocenters. The number of ether oxygens (including phenoxy) is 1. The molecular formula is C22H22N4O2S. The predicted molar refractivity (Wildman–Crippen MR) is 113 cm³/mol. The van der Waals surface area contributed by atoms with E-state index in [4.69, 9.17) is 9.72 Å². The lowest BCUT2D eigenvalue weighted by Crippen LogP contribution is -2.35. The molecule has 7 heteroatoms. The molecule has 6 nitrogen and oxygen atoms in total. The molecule has 29 heavy (non-hydrogen) atoms. The molecule has 1 fully saturated rings. The molecule has 3 heterocycles. The van der Waals surface area contributed by atoms with Crippen LogP contribution in [0.3, 0.4) is 0 Å². The topological polar surface area (TPSA) is 79.1 Å². The molecule has 1 aliphatic rings. The number of fused-ring (bicyclic) bond motifs is 1. The van der Waals surface area contributed by atoms with E-state index < -0.39 is 0 Å². The van der Waals surface area contributed by atoms with Crippen LogP contribution in [-0.2, 0) is 4.74 Å². The van der Waals surface area contributed by atoms with Crippen LogP contribution in [-0.4, -0.2) is 35.6 Å². The second-order valence-corrected chi connectivity index (χ2v) is 8.24. The lowest BCUT2D eigenvalue weighted by molar-refractivity contribution is 0.0605. The molecule has 4 rings (SSSR count). The van der Waals surface area contributed by atoms with Gasteiger partial charge in [0.2, 0.25) is 0 Å². The van der Waals surface area contributed by atoms with Crippen LogP contribution in [0.15, 0.2) is 30.3 Å². The fourth-order valence-corrected chi connectivity index (χ4v) is 5.30. The van der Waals surface area contributed by atoms with Crippen molar-refractivity contribution in [2.24, 2.45) is 0 Å². The van der Waals surface area contributed by atoms with Crippen molar-refractivity contribution in [3.63, 3.8) is 0 Å². The van der Waals surface area contributed by atoms with Crippen molar-refractivity contribution in [1.82, 2.24) is 9.97 Å². The number of hydrogen-bond donors (Lipinski definition) is 0. The zero-order chi connectivity index (χ0) is 20.5. The Morgan fingerprint density at radius 1 is 1.31 bits per heavy atom. The fraction of sp³-hybridized carbons (Fsp3) is 0.364. The van der Waals surface area contributed by atoms with Crippen LogP contribution in [0.4, 0.5) is 5.82 Å². The first-order valence-electron chi connectivity index (χ1n) is 9.62. The van der Waals surface area contributed by atoms with Crippen LogP contribution in [0, 0.1) is 25.2 Å². The van der Waals surface area contributed by atoms with Gasteiger partial charge >= 0.3 is 5.97 Å². The van der Waals surface area contributed by atoms with E-state index >= 15 is 0 Å². The number of hydrogen-bond acceptors (Lipinski definition) is 7. The smallest absolute Gasteiger partial charge is 0.348 e. The minimum atomic E-state index is -0.355. The highest BCUT2D eigenvalue weighted by molar-refractivity contribution is 7.20. The zero-order valence-electron chi connectivity index (χ0n) is 16.7. The van der Waals surface area contributed by atoms with Gasteiger partial charge in [0.1, 0.15) is 21.3 Å². The Bertz CT molecular complexity index is 1100. The third-order valence-corrected chi connectivity index (χ3v) is 6.67. The van der Waals surface area contributed by atoms with Crippen molar-refractivity contribution in [3.05, 3.63) is 52.2 Å². The van der Waals surface area contributed by atoms with Gasteiger partial charge in [0.25, 0.3) is 0 Å². The maximum atomic E-state index is 12.2. The van der Waals surface area contributed by atoms with E-state index in [9.17, 15) is 10.1 Å². The first kappa shape index (κ1) is 19.3. The molecule has 2 unspecified atom stereocenters. The number of nitrogens with zero attached hydrogens (tertiary/aromatic N) is 4. The standard InChI is InChI=1S/C22H22N4O2S/c1-13-18-20(24-14(2)25-21(18)29-19(13)22(27)28-3)26-11-7-10-17(26)16(12-23)15-8-5-4-6-9-15/h4-6,8-9,16-17H,7,10-11H2,1-3H3. The molecular weight excluding hydrogens is 384 g/mol. The Balaban J connectivity index is 1.84. The molecule has 3 aromatic rings. The minimum absolute atomic E-state index is 0.0285. The lowest BCUT2D eigenvalue weighted by Gasteiger charge is -2.30. The molecule has 0 amide bonds. The Labute approximate surface area is 173 Å². The van der Waals surface area contributed by atoms with Gasteiger partial charge in [-0.15, -0.1) is 11.3 Å². The number of nitriles is 1. The van der Waals surface area contributed by atoms with Crippen LogP contribution in [0.25, 0.3) is 10.2 Å². The number of carbonyl (C=O) groups is 1. The quantitative estimate of drug-likeness (QED) is 0.599. The summed E-state index contributed by atoms with van der Waals surface area (Å²) in [6, 6.07) is 12.5. The molecule has 1 saturated heterocycles.